The SMILES string of the molecule is CNC(=O)COc1cccc(Cl)c1. The van der Waals surface area contributed by atoms with Crippen molar-refractivity contribution in [1.82, 2.24) is 5.32 Å². The molecule has 1 amide bonds. The minimum atomic E-state index is -0.167. The Balaban J connectivity index is 2.50. The maximum absolute atomic E-state index is 10.8. The summed E-state index contributed by atoms with van der Waals surface area (Å²) in [4.78, 5) is 10.8. The van der Waals surface area contributed by atoms with Crippen LogP contribution in [0.4, 0.5) is 0 Å². The van der Waals surface area contributed by atoms with Crippen LogP contribution in [0, 0.1) is 0 Å². The molecule has 0 saturated heterocycles. The van der Waals surface area contributed by atoms with Crippen molar-refractivity contribution in [3.8, 4) is 5.75 Å². The van der Waals surface area contributed by atoms with Crippen LogP contribution in [0.15, 0.2) is 24.3 Å². The molecular weight excluding hydrogens is 190 g/mol. The summed E-state index contributed by atoms with van der Waals surface area (Å²) < 4.78 is 5.14. The van der Waals surface area contributed by atoms with E-state index in [2.05, 4.69) is 5.32 Å². The van der Waals surface area contributed by atoms with Crippen molar-refractivity contribution in [2.45, 2.75) is 0 Å². The molecule has 0 aliphatic rings. The number of rotatable bonds is 3. The molecule has 0 aliphatic carbocycles. The number of amides is 1. The van der Waals surface area contributed by atoms with Crippen LogP contribution in [0.2, 0.25) is 5.02 Å². The standard InChI is InChI=1S/C9H10ClNO2/c1-11-9(12)6-13-8-4-2-3-7(10)5-8/h2-5H,6H2,1H3,(H,11,12). The van der Waals surface area contributed by atoms with Crippen molar-refractivity contribution in [1.29, 1.82) is 0 Å². The predicted octanol–water partition coefficient (Wildman–Crippen LogP) is 1.46. The van der Waals surface area contributed by atoms with Crippen molar-refractivity contribution in [3.05, 3.63) is 29.3 Å². The van der Waals surface area contributed by atoms with Gasteiger partial charge in [0.15, 0.2) is 6.61 Å². The molecule has 1 N–H and O–H groups in total. The van der Waals surface area contributed by atoms with Crippen LogP contribution in [0.1, 0.15) is 0 Å². The molecule has 0 saturated carbocycles. The second-order valence-corrected chi connectivity index (χ2v) is 2.86. The van der Waals surface area contributed by atoms with Crippen LogP contribution in [0.3, 0.4) is 0 Å². The zero-order chi connectivity index (χ0) is 9.68. The molecule has 0 unspecified atom stereocenters. The molecule has 1 aromatic rings. The van der Waals surface area contributed by atoms with E-state index in [1.165, 1.54) is 0 Å². The van der Waals surface area contributed by atoms with Gasteiger partial charge in [-0.25, -0.2) is 0 Å². The average molecular weight is 200 g/mol. The van der Waals surface area contributed by atoms with Gasteiger partial charge >= 0.3 is 0 Å². The molecule has 0 heterocycles. The van der Waals surface area contributed by atoms with Crippen LogP contribution in [0.25, 0.3) is 0 Å². The summed E-state index contributed by atoms with van der Waals surface area (Å²) in [5.74, 6) is 0.427. The lowest BCUT2D eigenvalue weighted by Gasteiger charge is -2.04. The minimum absolute atomic E-state index is 0.0108. The van der Waals surface area contributed by atoms with E-state index < -0.39 is 0 Å². The predicted molar refractivity (Wildman–Crippen MR) is 51.0 cm³/mol. The molecule has 1 aromatic carbocycles. The largest absolute Gasteiger partial charge is 0.484 e. The van der Waals surface area contributed by atoms with E-state index >= 15 is 0 Å². The lowest BCUT2D eigenvalue weighted by Crippen LogP contribution is -2.24. The summed E-state index contributed by atoms with van der Waals surface area (Å²) in [7, 11) is 1.56. The number of halogens is 1. The Hall–Kier alpha value is -1.22. The lowest BCUT2D eigenvalue weighted by atomic mass is 10.3. The zero-order valence-corrected chi connectivity index (χ0v) is 7.97. The van der Waals surface area contributed by atoms with E-state index in [0.717, 1.165) is 0 Å². The number of nitrogens with one attached hydrogen (secondary N) is 1. The molecule has 0 spiro atoms. The van der Waals surface area contributed by atoms with E-state index in [1.54, 1.807) is 31.3 Å². The average Bonchev–Trinajstić information content (AvgIpc) is 2.14. The van der Waals surface area contributed by atoms with Crippen LogP contribution in [-0.4, -0.2) is 19.6 Å². The van der Waals surface area contributed by atoms with Gasteiger partial charge in [0.25, 0.3) is 5.91 Å². The fourth-order valence-electron chi connectivity index (χ4n) is 0.778. The zero-order valence-electron chi connectivity index (χ0n) is 7.21. The lowest BCUT2D eigenvalue weighted by molar-refractivity contribution is -0.122. The molecule has 3 nitrogen and oxygen atoms in total. The van der Waals surface area contributed by atoms with Gasteiger partial charge in [0.1, 0.15) is 5.75 Å². The third-order valence-corrected chi connectivity index (χ3v) is 1.68. The Bertz CT molecular complexity index is 301. The van der Waals surface area contributed by atoms with Crippen molar-refractivity contribution < 1.29 is 9.53 Å². The number of benzene rings is 1. The quantitative estimate of drug-likeness (QED) is 0.801. The van der Waals surface area contributed by atoms with Gasteiger partial charge in [-0.3, -0.25) is 4.79 Å². The number of likely N-dealkylation sites (N-methyl/N-ethyl adjacent to an activating group) is 1. The first-order chi connectivity index (χ1) is 6.22. The number of hydrogen-bond donors (Lipinski definition) is 1. The van der Waals surface area contributed by atoms with Crippen LogP contribution in [0.5, 0.6) is 5.75 Å². The molecule has 0 bridgehead atoms. The summed E-state index contributed by atoms with van der Waals surface area (Å²) in [6.45, 7) is 0.0108. The van der Waals surface area contributed by atoms with Crippen molar-refractivity contribution >= 4 is 17.5 Å². The summed E-state index contributed by atoms with van der Waals surface area (Å²) in [6, 6.07) is 6.91. The summed E-state index contributed by atoms with van der Waals surface area (Å²) in [5.41, 5.74) is 0. The molecule has 0 aromatic heterocycles. The maximum atomic E-state index is 10.8. The molecule has 0 atom stereocenters. The number of carbonyl (C=O) groups is 1. The van der Waals surface area contributed by atoms with Gasteiger partial charge in [-0.15, -0.1) is 0 Å². The van der Waals surface area contributed by atoms with Gasteiger partial charge in [0.05, 0.1) is 0 Å². The minimum Gasteiger partial charge on any atom is -0.484 e. The summed E-state index contributed by atoms with van der Waals surface area (Å²) in [6.07, 6.45) is 0. The van der Waals surface area contributed by atoms with Gasteiger partial charge in [-0.1, -0.05) is 17.7 Å². The monoisotopic (exact) mass is 199 g/mol. The highest BCUT2D eigenvalue weighted by Crippen LogP contribution is 2.16. The third-order valence-electron chi connectivity index (χ3n) is 1.44. The van der Waals surface area contributed by atoms with Gasteiger partial charge in [0.2, 0.25) is 0 Å². The van der Waals surface area contributed by atoms with Gasteiger partial charge < -0.3 is 10.1 Å². The highest BCUT2D eigenvalue weighted by atomic mass is 35.5. The van der Waals surface area contributed by atoms with Crippen LogP contribution >= 0.6 is 11.6 Å². The van der Waals surface area contributed by atoms with Gasteiger partial charge in [-0.2, -0.15) is 0 Å². The van der Waals surface area contributed by atoms with Gasteiger partial charge in [0, 0.05) is 12.1 Å². The summed E-state index contributed by atoms with van der Waals surface area (Å²) >= 11 is 5.71. The molecule has 13 heavy (non-hydrogen) atoms. The number of hydrogen-bond acceptors (Lipinski definition) is 2. The second-order valence-electron chi connectivity index (χ2n) is 2.42. The normalized spacial score (nSPS) is 9.38. The van der Waals surface area contributed by atoms with Crippen molar-refractivity contribution in [2.75, 3.05) is 13.7 Å². The van der Waals surface area contributed by atoms with E-state index in [4.69, 9.17) is 16.3 Å². The Morgan fingerprint density at radius 3 is 3.00 bits per heavy atom. The molecule has 70 valence electrons. The first-order valence-electron chi connectivity index (χ1n) is 3.81. The summed E-state index contributed by atoms with van der Waals surface area (Å²) in [5, 5.41) is 3.04. The Morgan fingerprint density at radius 1 is 1.62 bits per heavy atom. The molecular formula is C9H10ClNO2. The fourth-order valence-corrected chi connectivity index (χ4v) is 0.958. The maximum Gasteiger partial charge on any atom is 0.257 e. The first kappa shape index (κ1) is 9.86. The second kappa shape index (κ2) is 4.72. The highest BCUT2D eigenvalue weighted by Gasteiger charge is 1.99. The Morgan fingerprint density at radius 2 is 2.38 bits per heavy atom. The number of carbonyl (C=O) groups excluding carboxylic acids is 1. The smallest absolute Gasteiger partial charge is 0.257 e. The van der Waals surface area contributed by atoms with E-state index in [-0.39, 0.29) is 12.5 Å². The molecule has 1 rings (SSSR count). The van der Waals surface area contributed by atoms with Crippen molar-refractivity contribution in [3.63, 3.8) is 0 Å². The van der Waals surface area contributed by atoms with Gasteiger partial charge in [-0.05, 0) is 18.2 Å². The number of ether oxygens (including phenoxy) is 1. The molecule has 0 aliphatic heterocycles. The Kier molecular flexibility index (Phi) is 3.58. The van der Waals surface area contributed by atoms with Crippen LogP contribution < -0.4 is 10.1 Å². The topological polar surface area (TPSA) is 38.3 Å². The van der Waals surface area contributed by atoms with Crippen molar-refractivity contribution in [2.24, 2.45) is 0 Å². The highest BCUT2D eigenvalue weighted by molar-refractivity contribution is 6.30. The molecule has 4 heteroatoms. The van der Waals surface area contributed by atoms with E-state index in [1.807, 2.05) is 0 Å². The van der Waals surface area contributed by atoms with E-state index in [0.29, 0.717) is 10.8 Å². The first-order valence-corrected chi connectivity index (χ1v) is 4.19. The Labute approximate surface area is 81.7 Å². The molecule has 0 fully saturated rings. The molecule has 0 radical (unpaired) electrons. The van der Waals surface area contributed by atoms with E-state index in [9.17, 15) is 4.79 Å². The third kappa shape index (κ3) is 3.34. The van der Waals surface area contributed by atoms with Crippen LogP contribution in [-0.2, 0) is 4.79 Å². The fraction of sp³-hybridized carbons (Fsp3) is 0.222.